The van der Waals surface area contributed by atoms with E-state index in [1.165, 1.54) is 5.56 Å². The van der Waals surface area contributed by atoms with E-state index in [2.05, 4.69) is 58.4 Å². The molecule has 0 unspecified atom stereocenters. The Bertz CT molecular complexity index is 572. The SMILES string of the molecule is CCn1nc(C)c(Cl)c1CNc1cc(C)cc(Br)c1. The van der Waals surface area contributed by atoms with Gasteiger partial charge in [-0.3, -0.25) is 4.68 Å². The topological polar surface area (TPSA) is 29.9 Å². The largest absolute Gasteiger partial charge is 0.379 e. The van der Waals surface area contributed by atoms with E-state index in [-0.39, 0.29) is 0 Å². The maximum absolute atomic E-state index is 6.29. The first-order chi connectivity index (χ1) is 9.01. The Labute approximate surface area is 127 Å². The molecule has 0 amide bonds. The van der Waals surface area contributed by atoms with Gasteiger partial charge in [0.1, 0.15) is 0 Å². The molecule has 102 valence electrons. The van der Waals surface area contributed by atoms with E-state index < -0.39 is 0 Å². The molecule has 19 heavy (non-hydrogen) atoms. The third kappa shape index (κ3) is 3.31. The number of aryl methyl sites for hydroxylation is 3. The van der Waals surface area contributed by atoms with E-state index in [1.807, 2.05) is 11.6 Å². The molecule has 0 spiro atoms. The van der Waals surface area contributed by atoms with Gasteiger partial charge in [0.05, 0.1) is 23.0 Å². The Morgan fingerprint density at radius 3 is 2.68 bits per heavy atom. The molecule has 5 heteroatoms. The molecule has 1 aromatic carbocycles. The lowest BCUT2D eigenvalue weighted by Gasteiger charge is -2.10. The van der Waals surface area contributed by atoms with Crippen LogP contribution in [0.1, 0.15) is 23.9 Å². The molecule has 0 bridgehead atoms. The van der Waals surface area contributed by atoms with Gasteiger partial charge in [-0.2, -0.15) is 5.10 Å². The lowest BCUT2D eigenvalue weighted by molar-refractivity contribution is 0.623. The number of nitrogens with one attached hydrogen (secondary N) is 1. The van der Waals surface area contributed by atoms with Crippen molar-refractivity contribution in [2.75, 3.05) is 5.32 Å². The number of nitrogens with zero attached hydrogens (tertiary/aromatic N) is 2. The first kappa shape index (κ1) is 14.4. The molecular formula is C14H17BrClN3. The molecule has 0 atom stereocenters. The van der Waals surface area contributed by atoms with Gasteiger partial charge in [0.15, 0.2) is 0 Å². The molecule has 2 rings (SSSR count). The van der Waals surface area contributed by atoms with E-state index in [1.54, 1.807) is 0 Å². The lowest BCUT2D eigenvalue weighted by Crippen LogP contribution is -2.08. The van der Waals surface area contributed by atoms with E-state index in [0.717, 1.165) is 33.1 Å². The number of halogens is 2. The van der Waals surface area contributed by atoms with Crippen molar-refractivity contribution in [1.29, 1.82) is 0 Å². The molecule has 0 fully saturated rings. The van der Waals surface area contributed by atoms with Crippen LogP contribution in [0.25, 0.3) is 0 Å². The van der Waals surface area contributed by atoms with Crippen molar-refractivity contribution in [3.63, 3.8) is 0 Å². The maximum atomic E-state index is 6.29. The van der Waals surface area contributed by atoms with Gasteiger partial charge in [-0.25, -0.2) is 0 Å². The van der Waals surface area contributed by atoms with Gasteiger partial charge in [0.2, 0.25) is 0 Å². The predicted octanol–water partition coefficient (Wildman–Crippen LogP) is 4.55. The van der Waals surface area contributed by atoms with Crippen LogP contribution in [-0.2, 0) is 13.1 Å². The molecule has 1 heterocycles. The highest BCUT2D eigenvalue weighted by molar-refractivity contribution is 9.10. The molecule has 1 N–H and O–H groups in total. The molecule has 1 aromatic heterocycles. The molecule has 0 aliphatic heterocycles. The Balaban J connectivity index is 2.18. The smallest absolute Gasteiger partial charge is 0.0865 e. The fourth-order valence-corrected chi connectivity index (χ4v) is 2.87. The Morgan fingerprint density at radius 2 is 2.05 bits per heavy atom. The number of hydrogen-bond acceptors (Lipinski definition) is 2. The predicted molar refractivity (Wildman–Crippen MR) is 83.9 cm³/mol. The van der Waals surface area contributed by atoms with Crippen LogP contribution < -0.4 is 5.32 Å². The highest BCUT2D eigenvalue weighted by Crippen LogP contribution is 2.23. The van der Waals surface area contributed by atoms with Crippen molar-refractivity contribution in [1.82, 2.24) is 9.78 Å². The minimum atomic E-state index is 0.670. The summed E-state index contributed by atoms with van der Waals surface area (Å²) in [6.07, 6.45) is 0. The first-order valence-electron chi connectivity index (χ1n) is 6.24. The quantitative estimate of drug-likeness (QED) is 0.883. The number of aromatic nitrogens is 2. The van der Waals surface area contributed by atoms with Gasteiger partial charge in [0, 0.05) is 16.7 Å². The molecule has 0 aliphatic rings. The standard InChI is InChI=1S/C14H17BrClN3/c1-4-19-13(14(16)10(3)18-19)8-17-12-6-9(2)5-11(15)7-12/h5-7,17H,4,8H2,1-3H3. The van der Waals surface area contributed by atoms with Crippen LogP contribution in [0.4, 0.5) is 5.69 Å². The van der Waals surface area contributed by atoms with Crippen molar-refractivity contribution >= 4 is 33.2 Å². The van der Waals surface area contributed by atoms with Crippen LogP contribution in [0, 0.1) is 13.8 Å². The van der Waals surface area contributed by atoms with Crippen molar-refractivity contribution in [2.45, 2.75) is 33.9 Å². The maximum Gasteiger partial charge on any atom is 0.0865 e. The summed E-state index contributed by atoms with van der Waals surface area (Å²) in [5.74, 6) is 0. The summed E-state index contributed by atoms with van der Waals surface area (Å²) in [7, 11) is 0. The zero-order chi connectivity index (χ0) is 14.0. The van der Waals surface area contributed by atoms with Gasteiger partial charge in [-0.05, 0) is 44.5 Å². The van der Waals surface area contributed by atoms with E-state index in [9.17, 15) is 0 Å². The number of rotatable bonds is 4. The van der Waals surface area contributed by atoms with Gasteiger partial charge in [0.25, 0.3) is 0 Å². The molecule has 3 nitrogen and oxygen atoms in total. The van der Waals surface area contributed by atoms with Gasteiger partial charge in [-0.1, -0.05) is 27.5 Å². The Morgan fingerprint density at radius 1 is 1.32 bits per heavy atom. The van der Waals surface area contributed by atoms with Gasteiger partial charge < -0.3 is 5.32 Å². The average Bonchev–Trinajstić information content (AvgIpc) is 2.62. The summed E-state index contributed by atoms with van der Waals surface area (Å²) >= 11 is 9.79. The summed E-state index contributed by atoms with van der Waals surface area (Å²) in [4.78, 5) is 0. The Kier molecular flexibility index (Phi) is 4.53. The van der Waals surface area contributed by atoms with E-state index in [4.69, 9.17) is 11.6 Å². The second-order valence-corrected chi connectivity index (χ2v) is 5.83. The second-order valence-electron chi connectivity index (χ2n) is 4.53. The number of anilines is 1. The lowest BCUT2D eigenvalue weighted by atomic mass is 10.2. The summed E-state index contributed by atoms with van der Waals surface area (Å²) in [5.41, 5.74) is 4.19. The summed E-state index contributed by atoms with van der Waals surface area (Å²) in [6, 6.07) is 6.25. The Hall–Kier alpha value is -1.000. The zero-order valence-corrected chi connectivity index (χ0v) is 13.6. The van der Waals surface area contributed by atoms with Crippen LogP contribution >= 0.6 is 27.5 Å². The molecule has 0 saturated heterocycles. The molecule has 0 saturated carbocycles. The molecule has 2 aromatic rings. The summed E-state index contributed by atoms with van der Waals surface area (Å²) < 4.78 is 3.01. The molecule has 0 aliphatic carbocycles. The normalized spacial score (nSPS) is 10.8. The van der Waals surface area contributed by atoms with Gasteiger partial charge in [-0.15, -0.1) is 0 Å². The fourth-order valence-electron chi connectivity index (χ4n) is 2.06. The minimum Gasteiger partial charge on any atom is -0.379 e. The third-order valence-corrected chi connectivity index (χ3v) is 3.90. The summed E-state index contributed by atoms with van der Waals surface area (Å²) in [5, 5.41) is 8.56. The van der Waals surface area contributed by atoms with E-state index in [0.29, 0.717) is 6.54 Å². The minimum absolute atomic E-state index is 0.670. The number of benzene rings is 1. The molecule has 0 radical (unpaired) electrons. The monoisotopic (exact) mass is 341 g/mol. The highest BCUT2D eigenvalue weighted by Gasteiger charge is 2.12. The summed E-state index contributed by atoms with van der Waals surface area (Å²) in [6.45, 7) is 7.56. The van der Waals surface area contributed by atoms with Crippen LogP contribution in [0.3, 0.4) is 0 Å². The van der Waals surface area contributed by atoms with E-state index >= 15 is 0 Å². The average molecular weight is 343 g/mol. The first-order valence-corrected chi connectivity index (χ1v) is 7.41. The third-order valence-electron chi connectivity index (χ3n) is 2.95. The van der Waals surface area contributed by atoms with Crippen molar-refractivity contribution in [2.24, 2.45) is 0 Å². The zero-order valence-electron chi connectivity index (χ0n) is 11.3. The van der Waals surface area contributed by atoms with Crippen molar-refractivity contribution in [3.8, 4) is 0 Å². The van der Waals surface area contributed by atoms with Crippen LogP contribution in [-0.4, -0.2) is 9.78 Å². The highest BCUT2D eigenvalue weighted by atomic mass is 79.9. The van der Waals surface area contributed by atoms with Crippen LogP contribution in [0.2, 0.25) is 5.02 Å². The second kappa shape index (κ2) is 5.97. The van der Waals surface area contributed by atoms with Crippen LogP contribution in [0.15, 0.2) is 22.7 Å². The van der Waals surface area contributed by atoms with Crippen molar-refractivity contribution < 1.29 is 0 Å². The molecular weight excluding hydrogens is 326 g/mol. The van der Waals surface area contributed by atoms with Crippen LogP contribution in [0.5, 0.6) is 0 Å². The van der Waals surface area contributed by atoms with Crippen molar-refractivity contribution in [3.05, 3.63) is 44.6 Å². The number of hydrogen-bond donors (Lipinski definition) is 1. The van der Waals surface area contributed by atoms with Gasteiger partial charge >= 0.3 is 0 Å². The fraction of sp³-hybridized carbons (Fsp3) is 0.357.